The minimum Gasteiger partial charge on any atom is -0.480 e. The van der Waals surface area contributed by atoms with E-state index in [0.717, 1.165) is 5.39 Å². The van der Waals surface area contributed by atoms with E-state index in [2.05, 4.69) is 15.0 Å². The fourth-order valence-electron chi connectivity index (χ4n) is 2.08. The molecule has 0 unspecified atom stereocenters. The minimum absolute atomic E-state index is 0.111. The SMILES string of the molecule is CC.CC.COc1ncc(-c2nc(Cl)nc3c(Cl)cccc23)cc1N. The van der Waals surface area contributed by atoms with E-state index in [1.54, 1.807) is 18.3 Å². The Kier molecular flexibility index (Phi) is 8.38. The van der Waals surface area contributed by atoms with Crippen LogP contribution < -0.4 is 10.5 Å². The maximum Gasteiger partial charge on any atom is 0.236 e. The molecular formula is C18H22Cl2N4O. The van der Waals surface area contributed by atoms with Crippen LogP contribution >= 0.6 is 23.2 Å². The van der Waals surface area contributed by atoms with E-state index >= 15 is 0 Å². The molecule has 0 saturated heterocycles. The molecule has 0 fully saturated rings. The van der Waals surface area contributed by atoms with Crippen LogP contribution in [-0.2, 0) is 0 Å². The number of hydrogen-bond donors (Lipinski definition) is 1. The molecule has 7 heteroatoms. The monoisotopic (exact) mass is 380 g/mol. The average Bonchev–Trinajstić information content (AvgIpc) is 2.65. The molecule has 3 aromatic rings. The second-order valence-corrected chi connectivity index (χ2v) is 5.05. The lowest BCUT2D eigenvalue weighted by Crippen LogP contribution is -1.97. The fraction of sp³-hybridized carbons (Fsp3) is 0.278. The molecule has 0 aliphatic heterocycles. The first kappa shape index (κ1) is 20.9. The maximum absolute atomic E-state index is 6.16. The number of rotatable bonds is 2. The summed E-state index contributed by atoms with van der Waals surface area (Å²) >= 11 is 12.1. The van der Waals surface area contributed by atoms with Gasteiger partial charge in [-0.25, -0.2) is 15.0 Å². The molecule has 0 atom stereocenters. The molecule has 0 amide bonds. The van der Waals surface area contributed by atoms with Crippen LogP contribution in [0.15, 0.2) is 30.5 Å². The number of fused-ring (bicyclic) bond motifs is 1. The van der Waals surface area contributed by atoms with Gasteiger partial charge < -0.3 is 10.5 Å². The lowest BCUT2D eigenvalue weighted by atomic mass is 10.1. The van der Waals surface area contributed by atoms with Gasteiger partial charge in [0.1, 0.15) is 0 Å². The second kappa shape index (κ2) is 10.0. The zero-order valence-corrected chi connectivity index (χ0v) is 16.5. The lowest BCUT2D eigenvalue weighted by molar-refractivity contribution is 0.400. The first-order chi connectivity index (χ1) is 12.1. The van der Waals surface area contributed by atoms with Gasteiger partial charge in [-0.2, -0.15) is 0 Å². The third kappa shape index (κ3) is 4.71. The molecule has 0 spiro atoms. The largest absolute Gasteiger partial charge is 0.480 e. The molecule has 134 valence electrons. The van der Waals surface area contributed by atoms with Gasteiger partial charge in [-0.1, -0.05) is 51.4 Å². The Bertz CT molecular complexity index is 841. The number of ether oxygens (including phenoxy) is 1. The van der Waals surface area contributed by atoms with Crippen LogP contribution in [0.3, 0.4) is 0 Å². The van der Waals surface area contributed by atoms with Crippen molar-refractivity contribution in [3.05, 3.63) is 40.8 Å². The molecular weight excluding hydrogens is 359 g/mol. The quantitative estimate of drug-likeness (QED) is 0.582. The number of hydrogen-bond acceptors (Lipinski definition) is 5. The molecule has 0 radical (unpaired) electrons. The van der Waals surface area contributed by atoms with Crippen molar-refractivity contribution in [2.75, 3.05) is 12.8 Å². The van der Waals surface area contributed by atoms with Gasteiger partial charge in [0.15, 0.2) is 0 Å². The first-order valence-corrected chi connectivity index (χ1v) is 8.77. The van der Waals surface area contributed by atoms with Crippen molar-refractivity contribution in [3.8, 4) is 17.1 Å². The Morgan fingerprint density at radius 1 is 1.04 bits per heavy atom. The highest BCUT2D eigenvalue weighted by atomic mass is 35.5. The van der Waals surface area contributed by atoms with Crippen LogP contribution in [-0.4, -0.2) is 22.1 Å². The molecule has 0 aliphatic rings. The van der Waals surface area contributed by atoms with Crippen molar-refractivity contribution >= 4 is 39.8 Å². The summed E-state index contributed by atoms with van der Waals surface area (Å²) in [7, 11) is 1.51. The zero-order chi connectivity index (χ0) is 19.0. The lowest BCUT2D eigenvalue weighted by Gasteiger charge is -2.09. The third-order valence-electron chi connectivity index (χ3n) is 3.00. The van der Waals surface area contributed by atoms with E-state index in [1.807, 2.05) is 39.8 Å². The predicted octanol–water partition coefficient (Wildman–Crippen LogP) is 5.64. The average molecular weight is 381 g/mol. The maximum atomic E-state index is 6.16. The van der Waals surface area contributed by atoms with Crippen molar-refractivity contribution in [2.24, 2.45) is 0 Å². The smallest absolute Gasteiger partial charge is 0.236 e. The van der Waals surface area contributed by atoms with Crippen LogP contribution in [0.2, 0.25) is 10.3 Å². The summed E-state index contributed by atoms with van der Waals surface area (Å²) in [4.78, 5) is 12.6. The standard InChI is InChI=1S/C14H10Cl2N4O.2C2H6/c1-21-13-10(17)5-7(6-18-13)11-8-3-2-4-9(15)12(8)20-14(16)19-11;2*1-2/h2-6H,17H2,1H3;2*1-2H3. The Balaban J connectivity index is 0.000000730. The van der Waals surface area contributed by atoms with E-state index in [9.17, 15) is 0 Å². The number of para-hydroxylation sites is 1. The van der Waals surface area contributed by atoms with Gasteiger partial charge in [0, 0.05) is 17.1 Å². The zero-order valence-electron chi connectivity index (χ0n) is 15.0. The van der Waals surface area contributed by atoms with Crippen molar-refractivity contribution < 1.29 is 4.74 Å². The summed E-state index contributed by atoms with van der Waals surface area (Å²) in [5.74, 6) is 0.362. The molecule has 3 rings (SSSR count). The van der Waals surface area contributed by atoms with Gasteiger partial charge in [-0.3, -0.25) is 0 Å². The van der Waals surface area contributed by atoms with Gasteiger partial charge in [0.05, 0.1) is 29.0 Å². The normalized spacial score (nSPS) is 9.56. The van der Waals surface area contributed by atoms with Crippen molar-refractivity contribution in [3.63, 3.8) is 0 Å². The number of nitrogens with zero attached hydrogens (tertiary/aromatic N) is 3. The molecule has 0 aliphatic carbocycles. The number of pyridine rings is 1. The summed E-state index contributed by atoms with van der Waals surface area (Å²) in [6.45, 7) is 8.00. The number of aromatic nitrogens is 3. The van der Waals surface area contributed by atoms with E-state index < -0.39 is 0 Å². The van der Waals surface area contributed by atoms with Crippen LogP contribution in [0.25, 0.3) is 22.2 Å². The van der Waals surface area contributed by atoms with E-state index in [4.69, 9.17) is 33.7 Å². The van der Waals surface area contributed by atoms with Gasteiger partial charge in [0.2, 0.25) is 11.2 Å². The van der Waals surface area contributed by atoms with Crippen molar-refractivity contribution in [1.82, 2.24) is 15.0 Å². The third-order valence-corrected chi connectivity index (χ3v) is 3.47. The van der Waals surface area contributed by atoms with Crippen molar-refractivity contribution in [2.45, 2.75) is 27.7 Å². The van der Waals surface area contributed by atoms with E-state index in [1.165, 1.54) is 7.11 Å². The van der Waals surface area contributed by atoms with Crippen LogP contribution in [0, 0.1) is 0 Å². The summed E-state index contributed by atoms with van der Waals surface area (Å²) in [6, 6.07) is 7.17. The van der Waals surface area contributed by atoms with Gasteiger partial charge in [-0.15, -0.1) is 0 Å². The number of anilines is 1. The molecule has 0 bridgehead atoms. The summed E-state index contributed by atoms with van der Waals surface area (Å²) in [5, 5.41) is 1.39. The molecule has 0 saturated carbocycles. The number of methoxy groups -OCH3 is 1. The topological polar surface area (TPSA) is 73.9 Å². The predicted molar refractivity (Wildman–Crippen MR) is 106 cm³/mol. The Morgan fingerprint density at radius 3 is 2.32 bits per heavy atom. The minimum atomic E-state index is 0.111. The summed E-state index contributed by atoms with van der Waals surface area (Å²) < 4.78 is 5.05. The van der Waals surface area contributed by atoms with Gasteiger partial charge in [0.25, 0.3) is 0 Å². The number of nitrogens with two attached hydrogens (primary N) is 1. The van der Waals surface area contributed by atoms with Crippen molar-refractivity contribution in [1.29, 1.82) is 0 Å². The van der Waals surface area contributed by atoms with Gasteiger partial charge >= 0.3 is 0 Å². The van der Waals surface area contributed by atoms with Crippen LogP contribution in [0.5, 0.6) is 5.88 Å². The Hall–Kier alpha value is -2.11. The van der Waals surface area contributed by atoms with Crippen LogP contribution in [0.1, 0.15) is 27.7 Å². The molecule has 2 heterocycles. The van der Waals surface area contributed by atoms with Crippen LogP contribution in [0.4, 0.5) is 5.69 Å². The van der Waals surface area contributed by atoms with E-state index in [0.29, 0.717) is 33.4 Å². The fourth-order valence-corrected chi connectivity index (χ4v) is 2.46. The second-order valence-electron chi connectivity index (χ2n) is 4.30. The first-order valence-electron chi connectivity index (χ1n) is 8.02. The van der Waals surface area contributed by atoms with E-state index in [-0.39, 0.29) is 5.28 Å². The molecule has 2 aromatic heterocycles. The highest BCUT2D eigenvalue weighted by Gasteiger charge is 2.13. The number of nitrogen functional groups attached to an aromatic ring is 1. The molecule has 1 aromatic carbocycles. The summed E-state index contributed by atoms with van der Waals surface area (Å²) in [6.07, 6.45) is 1.62. The number of benzene rings is 1. The highest BCUT2D eigenvalue weighted by molar-refractivity contribution is 6.36. The molecule has 5 nitrogen and oxygen atoms in total. The summed E-state index contributed by atoms with van der Waals surface area (Å²) in [5.41, 5.74) is 8.23. The Morgan fingerprint density at radius 2 is 1.72 bits per heavy atom. The molecule has 2 N–H and O–H groups in total. The molecule has 25 heavy (non-hydrogen) atoms. The Labute approximate surface area is 158 Å². The number of halogens is 2. The van der Waals surface area contributed by atoms with Gasteiger partial charge in [-0.05, 0) is 23.7 Å². The highest BCUT2D eigenvalue weighted by Crippen LogP contribution is 2.32.